The van der Waals surface area contributed by atoms with Gasteiger partial charge in [-0.25, -0.2) is 18.0 Å². The number of hydrogen-bond donors (Lipinski definition) is 2. The molecule has 0 saturated heterocycles. The van der Waals surface area contributed by atoms with Crippen LogP contribution < -0.4 is 14.9 Å². The number of ether oxygens (including phenoxy) is 1. The summed E-state index contributed by atoms with van der Waals surface area (Å²) in [6, 6.07) is 11.4. The number of nitrogens with one attached hydrogen (secondary N) is 2. The van der Waals surface area contributed by atoms with Crippen molar-refractivity contribution in [1.82, 2.24) is 10.6 Å². The number of urea groups is 1. The van der Waals surface area contributed by atoms with E-state index in [1.165, 1.54) is 31.3 Å². The highest BCUT2D eigenvalue weighted by Crippen LogP contribution is 2.23. The van der Waals surface area contributed by atoms with Gasteiger partial charge in [0.1, 0.15) is 0 Å². The van der Waals surface area contributed by atoms with Crippen LogP contribution in [0.15, 0.2) is 53.4 Å². The number of aryl methyl sites for hydroxylation is 1. The molecule has 0 heterocycles. The monoisotopic (exact) mass is 447 g/mol. The Morgan fingerprint density at radius 3 is 2.32 bits per heavy atom. The molecule has 10 heteroatoms. The molecular formula is C21H25N3O6S. The Bertz CT molecular complexity index is 1060. The van der Waals surface area contributed by atoms with Gasteiger partial charge in [0, 0.05) is 13.1 Å². The van der Waals surface area contributed by atoms with Crippen LogP contribution in [0.1, 0.15) is 29.8 Å². The fraction of sp³-hybridized carbons (Fsp3) is 0.286. The lowest BCUT2D eigenvalue weighted by molar-refractivity contribution is -0.123. The van der Waals surface area contributed by atoms with E-state index in [1.54, 1.807) is 38.1 Å². The van der Waals surface area contributed by atoms with Gasteiger partial charge in [-0.2, -0.15) is 0 Å². The number of benzene rings is 2. The SMILES string of the molecule is Cc1ccc(N(C)S(=O)(=O)c2cccc(C(=O)OCC(=O)NC(=O)NC(C)C)c2)cc1. The molecule has 0 spiro atoms. The van der Waals surface area contributed by atoms with Gasteiger partial charge < -0.3 is 10.1 Å². The van der Waals surface area contributed by atoms with Crippen molar-refractivity contribution in [2.24, 2.45) is 0 Å². The summed E-state index contributed by atoms with van der Waals surface area (Å²) in [5, 5.41) is 4.48. The van der Waals surface area contributed by atoms with Crippen molar-refractivity contribution in [3.8, 4) is 0 Å². The Kier molecular flexibility index (Phi) is 7.76. The fourth-order valence-corrected chi connectivity index (χ4v) is 3.75. The smallest absolute Gasteiger partial charge is 0.338 e. The number of amides is 3. The van der Waals surface area contributed by atoms with Gasteiger partial charge in [-0.05, 0) is 51.1 Å². The molecule has 0 aromatic heterocycles. The van der Waals surface area contributed by atoms with Crippen molar-refractivity contribution in [3.63, 3.8) is 0 Å². The molecule has 3 amide bonds. The maximum absolute atomic E-state index is 12.9. The summed E-state index contributed by atoms with van der Waals surface area (Å²) >= 11 is 0. The van der Waals surface area contributed by atoms with Crippen molar-refractivity contribution in [1.29, 1.82) is 0 Å². The van der Waals surface area contributed by atoms with Gasteiger partial charge in [0.2, 0.25) is 0 Å². The van der Waals surface area contributed by atoms with Crippen LogP contribution >= 0.6 is 0 Å². The van der Waals surface area contributed by atoms with Gasteiger partial charge >= 0.3 is 12.0 Å². The summed E-state index contributed by atoms with van der Waals surface area (Å²) in [4.78, 5) is 35.3. The van der Waals surface area contributed by atoms with Gasteiger partial charge in [0.25, 0.3) is 15.9 Å². The van der Waals surface area contributed by atoms with Crippen LogP contribution in [0.2, 0.25) is 0 Å². The summed E-state index contributed by atoms with van der Waals surface area (Å²) in [6.45, 7) is 4.65. The van der Waals surface area contributed by atoms with Crippen LogP contribution in [0.4, 0.5) is 10.5 Å². The number of imide groups is 1. The van der Waals surface area contributed by atoms with Crippen molar-refractivity contribution in [3.05, 3.63) is 59.7 Å². The molecule has 0 unspecified atom stereocenters. The summed E-state index contributed by atoms with van der Waals surface area (Å²) in [5.41, 5.74) is 1.41. The van der Waals surface area contributed by atoms with Crippen LogP contribution in [0.5, 0.6) is 0 Å². The Morgan fingerprint density at radius 2 is 1.71 bits per heavy atom. The van der Waals surface area contributed by atoms with E-state index in [9.17, 15) is 22.8 Å². The first-order valence-corrected chi connectivity index (χ1v) is 10.9. The van der Waals surface area contributed by atoms with Gasteiger partial charge in [0.05, 0.1) is 16.1 Å². The van der Waals surface area contributed by atoms with E-state index in [4.69, 9.17) is 4.74 Å². The molecule has 31 heavy (non-hydrogen) atoms. The summed E-state index contributed by atoms with van der Waals surface area (Å²) in [6.07, 6.45) is 0. The second kappa shape index (κ2) is 10.1. The predicted octanol–water partition coefficient (Wildman–Crippen LogP) is 2.21. The molecule has 0 aliphatic heterocycles. The average Bonchev–Trinajstić information content (AvgIpc) is 2.71. The zero-order valence-electron chi connectivity index (χ0n) is 17.7. The Hall–Kier alpha value is -3.40. The van der Waals surface area contributed by atoms with Crippen molar-refractivity contribution < 1.29 is 27.5 Å². The van der Waals surface area contributed by atoms with Crippen molar-refractivity contribution in [2.45, 2.75) is 31.7 Å². The molecule has 0 aliphatic carbocycles. The predicted molar refractivity (Wildman–Crippen MR) is 115 cm³/mol. The number of nitrogens with zero attached hydrogens (tertiary/aromatic N) is 1. The van der Waals surface area contributed by atoms with E-state index in [0.717, 1.165) is 9.87 Å². The standard InChI is InChI=1S/C21H25N3O6S/c1-14(2)22-21(27)23-19(25)13-30-20(26)16-6-5-7-18(12-16)31(28,29)24(4)17-10-8-15(3)9-11-17/h5-12,14H,13H2,1-4H3,(H2,22,23,25,27). The Morgan fingerprint density at radius 1 is 1.06 bits per heavy atom. The molecule has 2 N–H and O–H groups in total. The number of carbonyl (C=O) groups excluding carboxylic acids is 3. The number of hydrogen-bond acceptors (Lipinski definition) is 6. The van der Waals surface area contributed by atoms with E-state index < -0.39 is 34.5 Å². The van der Waals surface area contributed by atoms with E-state index in [1.807, 2.05) is 12.2 Å². The molecule has 2 rings (SSSR count). The molecular weight excluding hydrogens is 422 g/mol. The highest BCUT2D eigenvalue weighted by molar-refractivity contribution is 7.92. The van der Waals surface area contributed by atoms with E-state index in [0.29, 0.717) is 5.69 Å². The largest absolute Gasteiger partial charge is 0.452 e. The lowest BCUT2D eigenvalue weighted by Gasteiger charge is -2.20. The van der Waals surface area contributed by atoms with Crippen molar-refractivity contribution >= 4 is 33.6 Å². The second-order valence-corrected chi connectivity index (χ2v) is 9.06. The quantitative estimate of drug-likeness (QED) is 0.628. The zero-order valence-corrected chi connectivity index (χ0v) is 18.5. The Balaban J connectivity index is 2.08. The van der Waals surface area contributed by atoms with Crippen LogP contribution in [-0.2, 0) is 19.6 Å². The lowest BCUT2D eigenvalue weighted by atomic mass is 10.2. The molecule has 2 aromatic carbocycles. The number of rotatable bonds is 7. The minimum atomic E-state index is -3.93. The molecule has 0 aliphatic rings. The first-order chi connectivity index (χ1) is 14.5. The van der Waals surface area contributed by atoms with Gasteiger partial charge in [-0.3, -0.25) is 14.4 Å². The molecule has 9 nitrogen and oxygen atoms in total. The van der Waals surface area contributed by atoms with Crippen LogP contribution in [0.25, 0.3) is 0 Å². The molecule has 0 fully saturated rings. The summed E-state index contributed by atoms with van der Waals surface area (Å²) in [7, 11) is -2.51. The number of sulfonamides is 1. The topological polar surface area (TPSA) is 122 Å². The lowest BCUT2D eigenvalue weighted by Crippen LogP contribution is -2.44. The van der Waals surface area contributed by atoms with Crippen molar-refractivity contribution in [2.75, 3.05) is 18.0 Å². The third kappa shape index (κ3) is 6.54. The molecule has 0 atom stereocenters. The van der Waals surface area contributed by atoms with Gasteiger partial charge in [0.15, 0.2) is 6.61 Å². The summed E-state index contributed by atoms with van der Waals surface area (Å²) < 4.78 is 31.9. The first kappa shape index (κ1) is 23.9. The van der Waals surface area contributed by atoms with Gasteiger partial charge in [-0.1, -0.05) is 23.8 Å². The maximum Gasteiger partial charge on any atom is 0.338 e. The Labute approximate surface area is 181 Å². The number of anilines is 1. The molecule has 166 valence electrons. The maximum atomic E-state index is 12.9. The average molecular weight is 448 g/mol. The van der Waals surface area contributed by atoms with E-state index in [2.05, 4.69) is 5.32 Å². The molecule has 0 bridgehead atoms. The fourth-order valence-electron chi connectivity index (χ4n) is 2.51. The summed E-state index contributed by atoms with van der Waals surface area (Å²) in [5.74, 6) is -1.70. The van der Waals surface area contributed by atoms with Gasteiger partial charge in [-0.15, -0.1) is 0 Å². The third-order valence-corrected chi connectivity index (χ3v) is 5.91. The van der Waals surface area contributed by atoms with E-state index in [-0.39, 0.29) is 16.5 Å². The first-order valence-electron chi connectivity index (χ1n) is 9.44. The van der Waals surface area contributed by atoms with Crippen LogP contribution in [-0.4, -0.2) is 46.0 Å². The normalized spacial score (nSPS) is 11.0. The zero-order chi connectivity index (χ0) is 23.2. The number of carbonyl (C=O) groups is 3. The van der Waals surface area contributed by atoms with Crippen LogP contribution in [0.3, 0.4) is 0 Å². The molecule has 0 radical (unpaired) electrons. The van der Waals surface area contributed by atoms with Crippen LogP contribution in [0, 0.1) is 6.92 Å². The van der Waals surface area contributed by atoms with E-state index >= 15 is 0 Å². The molecule has 0 saturated carbocycles. The molecule has 2 aromatic rings. The minimum absolute atomic E-state index is 0.0437. The second-order valence-electron chi connectivity index (χ2n) is 7.09. The minimum Gasteiger partial charge on any atom is -0.452 e. The highest BCUT2D eigenvalue weighted by Gasteiger charge is 2.23. The highest BCUT2D eigenvalue weighted by atomic mass is 32.2. The number of esters is 1. The third-order valence-electron chi connectivity index (χ3n) is 4.13.